The van der Waals surface area contributed by atoms with Crippen molar-refractivity contribution in [1.29, 1.82) is 0 Å². The van der Waals surface area contributed by atoms with Gasteiger partial charge >= 0.3 is 0 Å². The first-order valence-electron chi connectivity index (χ1n) is 5.76. The molecular formula is C14H16N2O2. The molecule has 1 heterocycles. The summed E-state index contributed by atoms with van der Waals surface area (Å²) >= 11 is 0. The second-order valence-electron chi connectivity index (χ2n) is 4.21. The van der Waals surface area contributed by atoms with E-state index >= 15 is 0 Å². The zero-order valence-corrected chi connectivity index (χ0v) is 10.5. The van der Waals surface area contributed by atoms with Crippen molar-refractivity contribution in [2.75, 3.05) is 5.32 Å². The van der Waals surface area contributed by atoms with Crippen LogP contribution in [0.3, 0.4) is 0 Å². The largest absolute Gasteiger partial charge is 0.465 e. The van der Waals surface area contributed by atoms with E-state index in [0.717, 1.165) is 22.8 Å². The fourth-order valence-electron chi connectivity index (χ4n) is 1.86. The van der Waals surface area contributed by atoms with Crippen molar-refractivity contribution in [3.63, 3.8) is 0 Å². The second-order valence-corrected chi connectivity index (χ2v) is 4.21. The summed E-state index contributed by atoms with van der Waals surface area (Å²) in [6.45, 7) is 4.36. The number of hydrogen-bond donors (Lipinski definition) is 2. The van der Waals surface area contributed by atoms with Gasteiger partial charge in [-0.15, -0.1) is 0 Å². The van der Waals surface area contributed by atoms with Gasteiger partial charge in [0, 0.05) is 11.3 Å². The molecule has 0 saturated carbocycles. The summed E-state index contributed by atoms with van der Waals surface area (Å²) in [5, 5.41) is 3.24. The van der Waals surface area contributed by atoms with Gasteiger partial charge in [0.1, 0.15) is 11.5 Å². The number of anilines is 1. The maximum Gasteiger partial charge on any atom is 0.249 e. The summed E-state index contributed by atoms with van der Waals surface area (Å²) in [7, 11) is 0. The van der Waals surface area contributed by atoms with Crippen LogP contribution in [0.25, 0.3) is 0 Å². The fourth-order valence-corrected chi connectivity index (χ4v) is 1.86. The fraction of sp³-hybridized carbons (Fsp3) is 0.214. The summed E-state index contributed by atoms with van der Waals surface area (Å²) in [6.07, 6.45) is 0. The number of amides is 1. The van der Waals surface area contributed by atoms with Crippen molar-refractivity contribution in [2.45, 2.75) is 20.4 Å². The third-order valence-electron chi connectivity index (χ3n) is 2.85. The number of hydrogen-bond acceptors (Lipinski definition) is 3. The lowest BCUT2D eigenvalue weighted by molar-refractivity contribution is 0.1000. The predicted molar refractivity (Wildman–Crippen MR) is 70.5 cm³/mol. The van der Waals surface area contributed by atoms with E-state index in [-0.39, 0.29) is 0 Å². The molecule has 0 aliphatic rings. The van der Waals surface area contributed by atoms with Gasteiger partial charge in [0.2, 0.25) is 5.91 Å². The highest BCUT2D eigenvalue weighted by Gasteiger charge is 2.08. The first kappa shape index (κ1) is 12.2. The molecule has 0 aliphatic heterocycles. The monoisotopic (exact) mass is 244 g/mol. The molecule has 2 rings (SSSR count). The van der Waals surface area contributed by atoms with Gasteiger partial charge in [-0.25, -0.2) is 0 Å². The third-order valence-corrected chi connectivity index (χ3v) is 2.85. The summed E-state index contributed by atoms with van der Waals surface area (Å²) in [5.74, 6) is 1.33. The van der Waals surface area contributed by atoms with E-state index in [9.17, 15) is 4.79 Å². The van der Waals surface area contributed by atoms with Crippen molar-refractivity contribution < 1.29 is 9.21 Å². The molecular weight excluding hydrogens is 228 g/mol. The molecule has 0 spiro atoms. The van der Waals surface area contributed by atoms with Crippen LogP contribution in [-0.4, -0.2) is 5.91 Å². The van der Waals surface area contributed by atoms with E-state index in [1.807, 2.05) is 38.1 Å². The number of aryl methyl sites for hydroxylation is 1. The second kappa shape index (κ2) is 4.96. The van der Waals surface area contributed by atoms with Crippen molar-refractivity contribution in [2.24, 2.45) is 5.73 Å². The quantitative estimate of drug-likeness (QED) is 0.868. The van der Waals surface area contributed by atoms with Gasteiger partial charge in [-0.05, 0) is 43.7 Å². The molecule has 94 valence electrons. The maximum atomic E-state index is 11.2. The smallest absolute Gasteiger partial charge is 0.249 e. The lowest BCUT2D eigenvalue weighted by Crippen LogP contribution is -2.13. The molecule has 1 aromatic carbocycles. The summed E-state index contributed by atoms with van der Waals surface area (Å²) < 4.78 is 5.47. The first-order valence-corrected chi connectivity index (χ1v) is 5.76. The van der Waals surface area contributed by atoms with Crippen LogP contribution in [-0.2, 0) is 6.54 Å². The molecule has 0 bridgehead atoms. The van der Waals surface area contributed by atoms with E-state index in [0.29, 0.717) is 12.1 Å². The van der Waals surface area contributed by atoms with E-state index in [1.165, 1.54) is 0 Å². The van der Waals surface area contributed by atoms with Crippen LogP contribution in [0.15, 0.2) is 34.7 Å². The van der Waals surface area contributed by atoms with E-state index in [1.54, 1.807) is 6.07 Å². The van der Waals surface area contributed by atoms with Crippen LogP contribution in [0.2, 0.25) is 0 Å². The highest BCUT2D eigenvalue weighted by Crippen LogP contribution is 2.19. The highest BCUT2D eigenvalue weighted by molar-refractivity contribution is 5.95. The number of benzene rings is 1. The van der Waals surface area contributed by atoms with Crippen molar-refractivity contribution in [3.05, 3.63) is 53.0 Å². The van der Waals surface area contributed by atoms with Crippen LogP contribution in [0, 0.1) is 13.8 Å². The van der Waals surface area contributed by atoms with Crippen LogP contribution in [0.4, 0.5) is 5.69 Å². The molecule has 1 amide bonds. The topological polar surface area (TPSA) is 68.3 Å². The average molecular weight is 244 g/mol. The summed E-state index contributed by atoms with van der Waals surface area (Å²) in [6, 6.07) is 9.29. The van der Waals surface area contributed by atoms with Crippen LogP contribution in [0.5, 0.6) is 0 Å². The summed E-state index contributed by atoms with van der Waals surface area (Å²) in [5.41, 5.74) is 7.59. The lowest BCUT2D eigenvalue weighted by atomic mass is 10.1. The molecule has 0 unspecified atom stereocenters. The number of furan rings is 1. The highest BCUT2D eigenvalue weighted by atomic mass is 16.3. The molecule has 0 aliphatic carbocycles. The first-order chi connectivity index (χ1) is 8.58. The van der Waals surface area contributed by atoms with Gasteiger partial charge in [0.25, 0.3) is 0 Å². The molecule has 4 heteroatoms. The Kier molecular flexibility index (Phi) is 3.37. The lowest BCUT2D eigenvalue weighted by Gasteiger charge is -2.10. The number of carbonyl (C=O) groups excluding carboxylic acids is 1. The molecule has 2 aromatic rings. The Morgan fingerprint density at radius 1 is 1.28 bits per heavy atom. The number of carbonyl (C=O) groups is 1. The van der Waals surface area contributed by atoms with Crippen molar-refractivity contribution in [3.8, 4) is 0 Å². The van der Waals surface area contributed by atoms with Gasteiger partial charge in [0.15, 0.2) is 0 Å². The molecule has 0 atom stereocenters. The van der Waals surface area contributed by atoms with Crippen LogP contribution < -0.4 is 11.1 Å². The third kappa shape index (κ3) is 2.53. The molecule has 4 nitrogen and oxygen atoms in total. The molecule has 18 heavy (non-hydrogen) atoms. The normalized spacial score (nSPS) is 10.3. The van der Waals surface area contributed by atoms with Gasteiger partial charge in [-0.2, -0.15) is 0 Å². The van der Waals surface area contributed by atoms with Crippen molar-refractivity contribution in [1.82, 2.24) is 0 Å². The zero-order valence-electron chi connectivity index (χ0n) is 10.5. The van der Waals surface area contributed by atoms with Crippen LogP contribution in [0.1, 0.15) is 27.4 Å². The number of nitrogens with two attached hydrogens (primary N) is 1. The number of nitrogens with one attached hydrogen (secondary N) is 1. The van der Waals surface area contributed by atoms with E-state index in [2.05, 4.69) is 5.32 Å². The Hall–Kier alpha value is -2.23. The minimum Gasteiger partial charge on any atom is -0.465 e. The maximum absolute atomic E-state index is 11.2. The Bertz CT molecular complexity index is 573. The Morgan fingerprint density at radius 2 is 2.06 bits per heavy atom. The SMILES string of the molecule is Cc1ccc(CNc2cccc(C(N)=O)c2C)o1. The minimum atomic E-state index is -0.412. The Labute approximate surface area is 106 Å². The summed E-state index contributed by atoms with van der Waals surface area (Å²) in [4.78, 5) is 11.2. The van der Waals surface area contributed by atoms with Gasteiger partial charge < -0.3 is 15.5 Å². The predicted octanol–water partition coefficient (Wildman–Crippen LogP) is 2.61. The van der Waals surface area contributed by atoms with Crippen LogP contribution >= 0.6 is 0 Å². The van der Waals surface area contributed by atoms with E-state index < -0.39 is 5.91 Å². The Morgan fingerprint density at radius 3 is 2.67 bits per heavy atom. The van der Waals surface area contributed by atoms with E-state index in [4.69, 9.17) is 10.2 Å². The Balaban J connectivity index is 2.14. The number of rotatable bonds is 4. The zero-order chi connectivity index (χ0) is 13.1. The molecule has 1 aromatic heterocycles. The minimum absolute atomic E-state index is 0.412. The van der Waals surface area contributed by atoms with Crippen molar-refractivity contribution >= 4 is 11.6 Å². The number of primary amides is 1. The standard InChI is InChI=1S/C14H16N2O2/c1-9-6-7-11(18-9)8-16-13-5-3-4-12(10(13)2)14(15)17/h3-7,16H,8H2,1-2H3,(H2,15,17). The molecule has 0 radical (unpaired) electrons. The molecule has 0 fully saturated rings. The van der Waals surface area contributed by atoms with Gasteiger partial charge in [-0.3, -0.25) is 4.79 Å². The van der Waals surface area contributed by atoms with Gasteiger partial charge in [-0.1, -0.05) is 6.07 Å². The molecule has 3 N–H and O–H groups in total. The molecule has 0 saturated heterocycles. The average Bonchev–Trinajstić information content (AvgIpc) is 2.73. The van der Waals surface area contributed by atoms with Gasteiger partial charge in [0.05, 0.1) is 6.54 Å².